The maximum absolute atomic E-state index is 13.1. The van der Waals surface area contributed by atoms with Crippen molar-refractivity contribution in [2.24, 2.45) is 0 Å². The summed E-state index contributed by atoms with van der Waals surface area (Å²) in [6.45, 7) is 6.88. The number of ether oxygens (including phenoxy) is 2. The van der Waals surface area contributed by atoms with Crippen LogP contribution in [0.5, 0.6) is 0 Å². The van der Waals surface area contributed by atoms with E-state index in [1.54, 1.807) is 13.8 Å². The van der Waals surface area contributed by atoms with Crippen molar-refractivity contribution in [1.29, 1.82) is 0 Å². The first-order chi connectivity index (χ1) is 16.9. The fraction of sp³-hybridized carbons (Fsp3) is 0.320. The number of hydrogen-bond acceptors (Lipinski definition) is 9. The molecule has 1 aromatic carbocycles. The van der Waals surface area contributed by atoms with Gasteiger partial charge in [-0.2, -0.15) is 0 Å². The van der Waals surface area contributed by atoms with Gasteiger partial charge in [-0.1, -0.05) is 49.0 Å². The normalized spacial score (nSPS) is 11.5. The number of carbonyl (C=O) groups is 3. The zero-order chi connectivity index (χ0) is 25.4. The summed E-state index contributed by atoms with van der Waals surface area (Å²) in [5, 5.41) is 2.71. The lowest BCUT2D eigenvalue weighted by Gasteiger charge is -2.14. The molecule has 0 radical (unpaired) electrons. The van der Waals surface area contributed by atoms with Crippen LogP contribution >= 0.6 is 11.8 Å². The minimum atomic E-state index is -0.785. The van der Waals surface area contributed by atoms with Crippen LogP contribution in [0.2, 0.25) is 0 Å². The molecule has 3 aromatic rings. The van der Waals surface area contributed by atoms with Crippen molar-refractivity contribution in [3.05, 3.63) is 59.6 Å². The first kappa shape index (κ1) is 26.0. The third kappa shape index (κ3) is 6.27. The predicted octanol–water partition coefficient (Wildman–Crippen LogP) is 4.91. The molecule has 3 rings (SSSR count). The summed E-state index contributed by atoms with van der Waals surface area (Å²) in [4.78, 5) is 46.8. The van der Waals surface area contributed by atoms with Crippen LogP contribution in [0.3, 0.4) is 0 Å². The van der Waals surface area contributed by atoms with E-state index >= 15 is 0 Å². The standard InChI is InChI=1S/C25H27N3O6S/c1-5-18(35-19-13-17(26-14-27-19)16-11-9-8-10-12-16)22(29)28-23-21(25(31)33-7-3)20(15(4)34-23)24(30)32-6-2/h8-14,18H,5-7H2,1-4H3,(H,28,29). The minimum Gasteiger partial charge on any atom is -0.462 e. The molecule has 2 heterocycles. The van der Waals surface area contributed by atoms with Gasteiger partial charge in [-0.05, 0) is 33.3 Å². The summed E-state index contributed by atoms with van der Waals surface area (Å²) >= 11 is 1.26. The number of benzene rings is 1. The van der Waals surface area contributed by atoms with Crippen LogP contribution in [0.15, 0.2) is 52.2 Å². The van der Waals surface area contributed by atoms with Crippen LogP contribution in [0.25, 0.3) is 11.3 Å². The van der Waals surface area contributed by atoms with Crippen molar-refractivity contribution in [3.8, 4) is 11.3 Å². The second kappa shape index (κ2) is 12.2. The molecule has 1 N–H and O–H groups in total. The van der Waals surface area contributed by atoms with Gasteiger partial charge >= 0.3 is 11.9 Å². The number of hydrogen-bond donors (Lipinski definition) is 1. The van der Waals surface area contributed by atoms with Crippen molar-refractivity contribution < 1.29 is 28.3 Å². The molecule has 0 aliphatic heterocycles. The van der Waals surface area contributed by atoms with Gasteiger partial charge in [-0.3, -0.25) is 10.1 Å². The van der Waals surface area contributed by atoms with Gasteiger partial charge in [0, 0.05) is 5.56 Å². The van der Waals surface area contributed by atoms with Crippen LogP contribution < -0.4 is 5.32 Å². The number of amides is 1. The summed E-state index contributed by atoms with van der Waals surface area (Å²) in [6, 6.07) is 11.5. The Kier molecular flexibility index (Phi) is 9.02. The number of thioether (sulfide) groups is 1. The van der Waals surface area contributed by atoms with Crippen LogP contribution in [0, 0.1) is 6.92 Å². The summed E-state index contributed by atoms with van der Waals surface area (Å²) in [5.41, 5.74) is 1.45. The molecule has 0 spiro atoms. The second-order valence-corrected chi connectivity index (χ2v) is 8.51. The number of esters is 2. The van der Waals surface area contributed by atoms with Gasteiger partial charge in [0.05, 0.1) is 24.2 Å². The Morgan fingerprint density at radius 2 is 1.66 bits per heavy atom. The number of anilines is 1. The first-order valence-electron chi connectivity index (χ1n) is 11.2. The summed E-state index contributed by atoms with van der Waals surface area (Å²) in [6.07, 6.45) is 1.93. The van der Waals surface area contributed by atoms with E-state index in [4.69, 9.17) is 13.9 Å². The minimum absolute atomic E-state index is 0.0652. The van der Waals surface area contributed by atoms with E-state index in [9.17, 15) is 14.4 Å². The second-order valence-electron chi connectivity index (χ2n) is 7.29. The molecule has 9 nitrogen and oxygen atoms in total. The number of aromatic nitrogens is 2. The van der Waals surface area contributed by atoms with E-state index in [2.05, 4.69) is 15.3 Å². The lowest BCUT2D eigenvalue weighted by Crippen LogP contribution is -2.26. The highest BCUT2D eigenvalue weighted by atomic mass is 32.2. The molecule has 0 aliphatic carbocycles. The van der Waals surface area contributed by atoms with Crippen molar-refractivity contribution in [1.82, 2.24) is 9.97 Å². The molecule has 35 heavy (non-hydrogen) atoms. The highest BCUT2D eigenvalue weighted by Gasteiger charge is 2.32. The third-order valence-corrected chi connectivity index (χ3v) is 6.21. The van der Waals surface area contributed by atoms with Gasteiger partial charge in [0.15, 0.2) is 0 Å². The Hall–Kier alpha value is -3.66. The molecular formula is C25H27N3O6S. The fourth-order valence-electron chi connectivity index (χ4n) is 3.31. The highest BCUT2D eigenvalue weighted by Crippen LogP contribution is 2.31. The number of rotatable bonds is 10. The molecule has 1 unspecified atom stereocenters. The molecule has 0 saturated heterocycles. The molecule has 0 aliphatic rings. The van der Waals surface area contributed by atoms with E-state index in [0.29, 0.717) is 11.4 Å². The van der Waals surface area contributed by atoms with E-state index in [0.717, 1.165) is 11.3 Å². The van der Waals surface area contributed by atoms with Crippen LogP contribution in [0.4, 0.5) is 5.88 Å². The average molecular weight is 498 g/mol. The monoisotopic (exact) mass is 497 g/mol. The first-order valence-corrected chi connectivity index (χ1v) is 12.1. The lowest BCUT2D eigenvalue weighted by molar-refractivity contribution is -0.115. The molecule has 2 aromatic heterocycles. The molecular weight excluding hydrogens is 470 g/mol. The van der Waals surface area contributed by atoms with Crippen LogP contribution in [-0.4, -0.2) is 46.3 Å². The third-order valence-electron chi connectivity index (χ3n) is 4.92. The maximum Gasteiger partial charge on any atom is 0.344 e. The average Bonchev–Trinajstić information content (AvgIpc) is 3.19. The number of aryl methyl sites for hydroxylation is 1. The van der Waals surface area contributed by atoms with E-state index in [1.165, 1.54) is 25.0 Å². The molecule has 0 saturated carbocycles. The van der Waals surface area contributed by atoms with Crippen molar-refractivity contribution in [2.75, 3.05) is 18.5 Å². The molecule has 0 bridgehead atoms. The van der Waals surface area contributed by atoms with Crippen LogP contribution in [-0.2, 0) is 14.3 Å². The van der Waals surface area contributed by atoms with Gasteiger partial charge in [0.2, 0.25) is 11.8 Å². The van der Waals surface area contributed by atoms with Crippen LogP contribution in [0.1, 0.15) is 53.7 Å². The summed E-state index contributed by atoms with van der Waals surface area (Å²) in [5.74, 6) is -1.93. The van der Waals surface area contributed by atoms with Gasteiger partial charge in [0.1, 0.15) is 28.2 Å². The van der Waals surface area contributed by atoms with Crippen molar-refractivity contribution in [3.63, 3.8) is 0 Å². The molecule has 1 amide bonds. The van der Waals surface area contributed by atoms with Gasteiger partial charge < -0.3 is 13.9 Å². The van der Waals surface area contributed by atoms with Crippen molar-refractivity contribution in [2.45, 2.75) is 44.4 Å². The lowest BCUT2D eigenvalue weighted by atomic mass is 10.1. The quantitative estimate of drug-likeness (QED) is 0.237. The van der Waals surface area contributed by atoms with Gasteiger partial charge in [-0.25, -0.2) is 19.6 Å². The summed E-state index contributed by atoms with van der Waals surface area (Å²) < 4.78 is 15.7. The molecule has 184 valence electrons. The molecule has 10 heteroatoms. The smallest absolute Gasteiger partial charge is 0.344 e. The fourth-order valence-corrected chi connectivity index (χ4v) is 4.22. The Balaban J connectivity index is 1.85. The number of carbonyl (C=O) groups excluding carboxylic acids is 3. The Morgan fingerprint density at radius 1 is 1.00 bits per heavy atom. The Labute approximate surface area is 207 Å². The van der Waals surface area contributed by atoms with Gasteiger partial charge in [0.25, 0.3) is 0 Å². The Morgan fingerprint density at radius 3 is 2.29 bits per heavy atom. The zero-order valence-corrected chi connectivity index (χ0v) is 20.8. The van der Waals surface area contributed by atoms with E-state index in [1.807, 2.05) is 43.3 Å². The SMILES string of the molecule is CCOC(=O)c1c(C)oc(NC(=O)C(CC)Sc2cc(-c3ccccc3)ncn2)c1C(=O)OCC. The van der Waals surface area contributed by atoms with Gasteiger partial charge in [-0.15, -0.1) is 0 Å². The van der Waals surface area contributed by atoms with E-state index in [-0.39, 0.29) is 36.0 Å². The zero-order valence-electron chi connectivity index (χ0n) is 20.0. The highest BCUT2D eigenvalue weighted by molar-refractivity contribution is 8.00. The summed E-state index contributed by atoms with van der Waals surface area (Å²) in [7, 11) is 0. The number of nitrogens with zero attached hydrogens (tertiary/aromatic N) is 2. The van der Waals surface area contributed by atoms with E-state index < -0.39 is 23.1 Å². The molecule has 1 atom stereocenters. The predicted molar refractivity (Wildman–Crippen MR) is 131 cm³/mol. The number of nitrogens with one attached hydrogen (secondary N) is 1. The maximum atomic E-state index is 13.1. The molecule has 0 fully saturated rings. The van der Waals surface area contributed by atoms with Crippen molar-refractivity contribution >= 4 is 35.5 Å². The largest absolute Gasteiger partial charge is 0.462 e. The number of furan rings is 1. The Bertz CT molecular complexity index is 1200. The topological polar surface area (TPSA) is 121 Å².